The van der Waals surface area contributed by atoms with Crippen LogP contribution in [0, 0.1) is 5.92 Å². The summed E-state index contributed by atoms with van der Waals surface area (Å²) in [5.74, 6) is 3.04. The highest BCUT2D eigenvalue weighted by Gasteiger charge is 2.41. The number of nitrogens with zero attached hydrogens (tertiary/aromatic N) is 4. The number of likely N-dealkylation sites (tertiary alicyclic amines) is 1. The zero-order valence-electron chi connectivity index (χ0n) is 17.7. The lowest BCUT2D eigenvalue weighted by Crippen LogP contribution is -2.30. The third-order valence-electron chi connectivity index (χ3n) is 7.47. The first-order valence-electron chi connectivity index (χ1n) is 11.8. The van der Waals surface area contributed by atoms with Gasteiger partial charge in [-0.3, -0.25) is 9.78 Å². The first kappa shape index (κ1) is 19.7. The van der Waals surface area contributed by atoms with Gasteiger partial charge in [0.2, 0.25) is 11.8 Å². The van der Waals surface area contributed by atoms with E-state index in [-0.39, 0.29) is 17.7 Å². The average molecular weight is 409 g/mol. The van der Waals surface area contributed by atoms with Gasteiger partial charge in [-0.2, -0.15) is 4.98 Å². The van der Waals surface area contributed by atoms with E-state index in [0.717, 1.165) is 24.2 Å². The third kappa shape index (κ3) is 4.14. The highest BCUT2D eigenvalue weighted by Crippen LogP contribution is 2.41. The van der Waals surface area contributed by atoms with Crippen molar-refractivity contribution < 1.29 is 9.32 Å². The molecule has 0 unspecified atom stereocenters. The van der Waals surface area contributed by atoms with E-state index < -0.39 is 0 Å². The van der Waals surface area contributed by atoms with E-state index in [0.29, 0.717) is 37.2 Å². The van der Waals surface area contributed by atoms with Crippen LogP contribution in [-0.4, -0.2) is 39.0 Å². The molecule has 0 aromatic carbocycles. The quantitative estimate of drug-likeness (QED) is 0.710. The standard InChI is InChI=1S/C24H32N4O2/c29-22(13-17-7-2-1-3-8-17)28-15-20(19-11-6-12-25-14-19)21(16-28)24-26-23(27-30-24)18-9-4-5-10-18/h6,11-12,14,17-18,20-21H,1-5,7-10,13,15-16H2/t20-,21+/m0/s1. The van der Waals surface area contributed by atoms with Gasteiger partial charge in [0.05, 0.1) is 5.92 Å². The molecule has 1 aliphatic heterocycles. The molecule has 0 radical (unpaired) electrons. The molecule has 1 amide bonds. The Morgan fingerprint density at radius 2 is 1.80 bits per heavy atom. The average Bonchev–Trinajstić information content (AvgIpc) is 3.55. The van der Waals surface area contributed by atoms with Crippen molar-refractivity contribution in [3.63, 3.8) is 0 Å². The van der Waals surface area contributed by atoms with E-state index in [1.165, 1.54) is 44.9 Å². The van der Waals surface area contributed by atoms with Crippen molar-refractivity contribution in [3.05, 3.63) is 41.8 Å². The van der Waals surface area contributed by atoms with Crippen LogP contribution in [0.4, 0.5) is 0 Å². The van der Waals surface area contributed by atoms with Crippen molar-refractivity contribution in [2.75, 3.05) is 13.1 Å². The van der Waals surface area contributed by atoms with Crippen molar-refractivity contribution in [2.24, 2.45) is 5.92 Å². The second-order valence-electron chi connectivity index (χ2n) is 9.48. The summed E-state index contributed by atoms with van der Waals surface area (Å²) in [6.07, 6.45) is 15.5. The fourth-order valence-electron chi connectivity index (χ4n) is 5.71. The number of aromatic nitrogens is 3. The number of hydrogen-bond acceptors (Lipinski definition) is 5. The highest BCUT2D eigenvalue weighted by atomic mass is 16.5. The molecule has 2 saturated carbocycles. The van der Waals surface area contributed by atoms with E-state index in [9.17, 15) is 4.79 Å². The molecule has 160 valence electrons. The lowest BCUT2D eigenvalue weighted by Gasteiger charge is -2.24. The molecule has 2 aromatic rings. The van der Waals surface area contributed by atoms with Crippen molar-refractivity contribution in [1.29, 1.82) is 0 Å². The largest absolute Gasteiger partial charge is 0.341 e. The fraction of sp³-hybridized carbons (Fsp3) is 0.667. The maximum absolute atomic E-state index is 13.1. The summed E-state index contributed by atoms with van der Waals surface area (Å²) < 4.78 is 5.77. The van der Waals surface area contributed by atoms with E-state index in [2.05, 4.69) is 16.2 Å². The smallest absolute Gasteiger partial charge is 0.232 e. The molecule has 6 heteroatoms. The van der Waals surface area contributed by atoms with Gasteiger partial charge in [-0.1, -0.05) is 43.3 Å². The van der Waals surface area contributed by atoms with Gasteiger partial charge >= 0.3 is 0 Å². The molecule has 0 spiro atoms. The van der Waals surface area contributed by atoms with E-state index in [1.807, 2.05) is 17.2 Å². The SMILES string of the molecule is O=C(CC1CCCCC1)N1C[C@@H](c2cccnc2)[C@H](c2nc(C3CCCC3)no2)C1. The fourth-order valence-corrected chi connectivity index (χ4v) is 5.71. The Labute approximate surface area is 178 Å². The van der Waals surface area contributed by atoms with Crippen LogP contribution in [0.2, 0.25) is 0 Å². The summed E-state index contributed by atoms with van der Waals surface area (Å²) >= 11 is 0. The zero-order valence-corrected chi connectivity index (χ0v) is 17.7. The topological polar surface area (TPSA) is 72.1 Å². The molecule has 3 heterocycles. The summed E-state index contributed by atoms with van der Waals surface area (Å²) in [4.78, 5) is 24.3. The van der Waals surface area contributed by atoms with Crippen LogP contribution in [0.1, 0.15) is 99.2 Å². The summed E-state index contributed by atoms with van der Waals surface area (Å²) in [6.45, 7) is 1.38. The maximum Gasteiger partial charge on any atom is 0.232 e. The summed E-state index contributed by atoms with van der Waals surface area (Å²) in [5, 5.41) is 4.33. The molecule has 30 heavy (non-hydrogen) atoms. The van der Waals surface area contributed by atoms with Gasteiger partial charge in [-0.15, -0.1) is 0 Å². The van der Waals surface area contributed by atoms with Gasteiger partial charge in [-0.05, 0) is 43.2 Å². The van der Waals surface area contributed by atoms with Crippen LogP contribution >= 0.6 is 0 Å². The number of hydrogen-bond donors (Lipinski definition) is 0. The first-order valence-corrected chi connectivity index (χ1v) is 11.8. The first-order chi connectivity index (χ1) is 14.8. The van der Waals surface area contributed by atoms with Gasteiger partial charge < -0.3 is 9.42 Å². The minimum absolute atomic E-state index is 0.0483. The van der Waals surface area contributed by atoms with Crippen LogP contribution in [-0.2, 0) is 4.79 Å². The molecule has 0 N–H and O–H groups in total. The lowest BCUT2D eigenvalue weighted by atomic mass is 9.87. The molecular formula is C24H32N4O2. The van der Waals surface area contributed by atoms with Crippen molar-refractivity contribution >= 4 is 5.91 Å². The molecule has 5 rings (SSSR count). The number of amides is 1. The van der Waals surface area contributed by atoms with Crippen LogP contribution in [0.3, 0.4) is 0 Å². The van der Waals surface area contributed by atoms with Crippen molar-refractivity contribution in [2.45, 2.75) is 82.0 Å². The molecule has 3 aliphatic rings. The van der Waals surface area contributed by atoms with Gasteiger partial charge in [0.25, 0.3) is 0 Å². The number of pyridine rings is 1. The van der Waals surface area contributed by atoms with Gasteiger partial charge in [-0.25, -0.2) is 0 Å². The summed E-state index contributed by atoms with van der Waals surface area (Å²) in [5.41, 5.74) is 1.15. The Hall–Kier alpha value is -2.24. The number of carbonyl (C=O) groups excluding carboxylic acids is 1. The molecule has 1 saturated heterocycles. The minimum Gasteiger partial charge on any atom is -0.341 e. The Kier molecular flexibility index (Phi) is 5.82. The van der Waals surface area contributed by atoms with Crippen LogP contribution in [0.5, 0.6) is 0 Å². The van der Waals surface area contributed by atoms with E-state index >= 15 is 0 Å². The summed E-state index contributed by atoms with van der Waals surface area (Å²) in [6, 6.07) is 4.07. The predicted octanol–water partition coefficient (Wildman–Crippen LogP) is 4.80. The second kappa shape index (κ2) is 8.86. The van der Waals surface area contributed by atoms with Crippen LogP contribution in [0.25, 0.3) is 0 Å². The summed E-state index contributed by atoms with van der Waals surface area (Å²) in [7, 11) is 0. The Bertz CT molecular complexity index is 840. The lowest BCUT2D eigenvalue weighted by molar-refractivity contribution is -0.131. The normalized spacial score (nSPS) is 25.8. The molecule has 2 atom stereocenters. The van der Waals surface area contributed by atoms with Crippen LogP contribution in [0.15, 0.2) is 29.0 Å². The van der Waals surface area contributed by atoms with Gasteiger partial charge in [0, 0.05) is 43.7 Å². The van der Waals surface area contributed by atoms with Crippen LogP contribution < -0.4 is 0 Å². The molecule has 2 aliphatic carbocycles. The minimum atomic E-state index is 0.0483. The molecular weight excluding hydrogens is 376 g/mol. The Morgan fingerprint density at radius 3 is 2.57 bits per heavy atom. The van der Waals surface area contributed by atoms with Gasteiger partial charge in [0.1, 0.15) is 0 Å². The highest BCUT2D eigenvalue weighted by molar-refractivity contribution is 5.77. The number of rotatable bonds is 5. The van der Waals surface area contributed by atoms with Crippen molar-refractivity contribution in [3.8, 4) is 0 Å². The third-order valence-corrected chi connectivity index (χ3v) is 7.47. The Morgan fingerprint density at radius 1 is 1.03 bits per heavy atom. The number of carbonyl (C=O) groups is 1. The Balaban J connectivity index is 1.34. The van der Waals surface area contributed by atoms with Gasteiger partial charge in [0.15, 0.2) is 5.82 Å². The monoisotopic (exact) mass is 408 g/mol. The molecule has 2 aromatic heterocycles. The maximum atomic E-state index is 13.1. The predicted molar refractivity (Wildman–Crippen MR) is 113 cm³/mol. The zero-order chi connectivity index (χ0) is 20.3. The van der Waals surface area contributed by atoms with Crippen molar-refractivity contribution in [1.82, 2.24) is 20.0 Å². The molecule has 3 fully saturated rings. The van der Waals surface area contributed by atoms with E-state index in [1.54, 1.807) is 6.20 Å². The molecule has 0 bridgehead atoms. The second-order valence-corrected chi connectivity index (χ2v) is 9.48. The molecule has 6 nitrogen and oxygen atoms in total. The van der Waals surface area contributed by atoms with E-state index in [4.69, 9.17) is 9.51 Å².